The van der Waals surface area contributed by atoms with Gasteiger partial charge in [0.15, 0.2) is 0 Å². The number of imidazole rings is 1. The fourth-order valence-corrected chi connectivity index (χ4v) is 3.04. The van der Waals surface area contributed by atoms with Crippen LogP contribution >= 0.6 is 0 Å². The number of amides is 1. The smallest absolute Gasteiger partial charge is 0.225 e. The van der Waals surface area contributed by atoms with E-state index in [1.807, 2.05) is 73.7 Å². The van der Waals surface area contributed by atoms with E-state index >= 15 is 0 Å². The molecule has 6 heteroatoms. The Morgan fingerprint density at radius 3 is 2.48 bits per heavy atom. The Balaban J connectivity index is 1.86. The van der Waals surface area contributed by atoms with Gasteiger partial charge in [-0.3, -0.25) is 9.48 Å². The molecule has 0 saturated heterocycles. The van der Waals surface area contributed by atoms with E-state index in [2.05, 4.69) is 15.4 Å². The van der Waals surface area contributed by atoms with Gasteiger partial charge in [0, 0.05) is 37.7 Å². The fourth-order valence-electron chi connectivity index (χ4n) is 3.04. The largest absolute Gasteiger partial charge is 0.342 e. The van der Waals surface area contributed by atoms with E-state index in [4.69, 9.17) is 0 Å². The van der Waals surface area contributed by atoms with E-state index < -0.39 is 0 Å². The molecule has 6 nitrogen and oxygen atoms in total. The van der Waals surface area contributed by atoms with Crippen LogP contribution in [0.3, 0.4) is 0 Å². The summed E-state index contributed by atoms with van der Waals surface area (Å²) in [5.41, 5.74) is 3.89. The van der Waals surface area contributed by atoms with E-state index in [9.17, 15) is 4.79 Å². The second kappa shape index (κ2) is 6.93. The molecule has 130 valence electrons. The number of nitrogens with one attached hydrogen (secondary N) is 1. The first kappa shape index (κ1) is 17.0. The summed E-state index contributed by atoms with van der Waals surface area (Å²) < 4.78 is 3.74. The van der Waals surface area contributed by atoms with Gasteiger partial charge >= 0.3 is 0 Å². The van der Waals surface area contributed by atoms with Gasteiger partial charge < -0.3 is 9.88 Å². The summed E-state index contributed by atoms with van der Waals surface area (Å²) in [5.74, 6) is 0.759. The number of rotatable bonds is 5. The molecule has 1 amide bonds. The molecule has 0 aliphatic heterocycles. The van der Waals surface area contributed by atoms with Gasteiger partial charge in [-0.1, -0.05) is 30.3 Å². The van der Waals surface area contributed by atoms with Crippen molar-refractivity contribution in [2.75, 3.05) is 0 Å². The third kappa shape index (κ3) is 3.47. The maximum atomic E-state index is 12.7. The molecule has 0 saturated carbocycles. The Hall–Kier alpha value is -2.89. The summed E-state index contributed by atoms with van der Waals surface area (Å²) in [4.78, 5) is 17.2. The molecule has 2 aromatic heterocycles. The Morgan fingerprint density at radius 2 is 1.92 bits per heavy atom. The first-order valence-electron chi connectivity index (χ1n) is 8.28. The van der Waals surface area contributed by atoms with Crippen LogP contribution in [0.25, 0.3) is 0 Å². The number of benzene rings is 1. The quantitative estimate of drug-likeness (QED) is 0.776. The second-order valence-electron chi connectivity index (χ2n) is 6.26. The number of aryl methyl sites for hydroxylation is 3. The number of aromatic nitrogens is 4. The molecule has 1 aromatic carbocycles. The van der Waals surface area contributed by atoms with Crippen LogP contribution < -0.4 is 5.32 Å². The molecular formula is C19H23N5O. The van der Waals surface area contributed by atoms with Gasteiger partial charge in [0.2, 0.25) is 5.91 Å². The monoisotopic (exact) mass is 337 g/mol. The molecular weight excluding hydrogens is 314 g/mol. The Labute approximate surface area is 147 Å². The zero-order valence-corrected chi connectivity index (χ0v) is 15.0. The van der Waals surface area contributed by atoms with Crippen molar-refractivity contribution in [3.63, 3.8) is 0 Å². The fraction of sp³-hybridized carbons (Fsp3) is 0.316. The summed E-state index contributed by atoms with van der Waals surface area (Å²) in [6.45, 7) is 3.92. The molecule has 0 fully saturated rings. The summed E-state index contributed by atoms with van der Waals surface area (Å²) in [7, 11) is 3.82. The van der Waals surface area contributed by atoms with Crippen LogP contribution in [0.4, 0.5) is 0 Å². The average Bonchev–Trinajstić information content (AvgIpc) is 3.12. The van der Waals surface area contributed by atoms with E-state index in [1.54, 1.807) is 6.20 Å². The second-order valence-corrected chi connectivity index (χ2v) is 6.26. The van der Waals surface area contributed by atoms with E-state index in [1.165, 1.54) is 0 Å². The molecule has 1 N–H and O–H groups in total. The summed E-state index contributed by atoms with van der Waals surface area (Å²) in [6, 6.07) is 9.61. The molecule has 0 aliphatic carbocycles. The lowest BCUT2D eigenvalue weighted by atomic mass is 10.0. The minimum atomic E-state index is -0.286. The van der Waals surface area contributed by atoms with E-state index in [0.717, 1.165) is 28.3 Å². The zero-order valence-electron chi connectivity index (χ0n) is 15.0. The van der Waals surface area contributed by atoms with Crippen LogP contribution in [0.15, 0.2) is 42.7 Å². The van der Waals surface area contributed by atoms with Crippen molar-refractivity contribution in [3.05, 3.63) is 71.1 Å². The number of carbonyl (C=O) groups excluding carboxylic acids is 1. The predicted octanol–water partition coefficient (Wildman–Crippen LogP) is 2.22. The highest BCUT2D eigenvalue weighted by Gasteiger charge is 2.22. The molecule has 0 spiro atoms. The first-order valence-corrected chi connectivity index (χ1v) is 8.28. The highest BCUT2D eigenvalue weighted by molar-refractivity contribution is 5.80. The molecule has 25 heavy (non-hydrogen) atoms. The molecule has 3 aromatic rings. The van der Waals surface area contributed by atoms with E-state index in [-0.39, 0.29) is 11.9 Å². The van der Waals surface area contributed by atoms with Crippen molar-refractivity contribution in [1.82, 2.24) is 24.6 Å². The Bertz CT molecular complexity index is 879. The summed E-state index contributed by atoms with van der Waals surface area (Å²) >= 11 is 0. The normalized spacial score (nSPS) is 12.2. The topological polar surface area (TPSA) is 64.7 Å². The number of hydrogen-bond donors (Lipinski definition) is 1. The van der Waals surface area contributed by atoms with Crippen molar-refractivity contribution in [2.45, 2.75) is 26.3 Å². The predicted molar refractivity (Wildman–Crippen MR) is 96.0 cm³/mol. The van der Waals surface area contributed by atoms with Gasteiger partial charge in [0.05, 0.1) is 12.1 Å². The summed E-state index contributed by atoms with van der Waals surface area (Å²) in [5, 5.41) is 7.51. The standard InChI is InChI=1S/C19H23N5O/c1-13-16(14(2)24(4)22-13)12-17(25)21-18(15-8-6-5-7-9-15)19-20-10-11-23(19)3/h5-11,18H,12H2,1-4H3,(H,21,25). The average molecular weight is 337 g/mol. The maximum Gasteiger partial charge on any atom is 0.225 e. The highest BCUT2D eigenvalue weighted by atomic mass is 16.1. The third-order valence-corrected chi connectivity index (χ3v) is 4.55. The van der Waals surface area contributed by atoms with Crippen LogP contribution in [-0.4, -0.2) is 25.2 Å². The number of carbonyl (C=O) groups is 1. The molecule has 2 heterocycles. The lowest BCUT2D eigenvalue weighted by molar-refractivity contribution is -0.121. The minimum absolute atomic E-state index is 0.0453. The van der Waals surface area contributed by atoms with Gasteiger partial charge in [-0.25, -0.2) is 4.98 Å². The highest BCUT2D eigenvalue weighted by Crippen LogP contribution is 2.21. The molecule has 3 rings (SSSR count). The molecule has 1 atom stereocenters. The molecule has 0 radical (unpaired) electrons. The van der Waals surface area contributed by atoms with Crippen molar-refractivity contribution >= 4 is 5.91 Å². The van der Waals surface area contributed by atoms with Gasteiger partial charge in [-0.15, -0.1) is 0 Å². The van der Waals surface area contributed by atoms with Crippen molar-refractivity contribution < 1.29 is 4.79 Å². The number of nitrogens with zero attached hydrogens (tertiary/aromatic N) is 4. The van der Waals surface area contributed by atoms with Crippen molar-refractivity contribution in [3.8, 4) is 0 Å². The minimum Gasteiger partial charge on any atom is -0.342 e. The third-order valence-electron chi connectivity index (χ3n) is 4.55. The SMILES string of the molecule is Cc1nn(C)c(C)c1CC(=O)NC(c1ccccc1)c1nccn1C. The molecule has 1 unspecified atom stereocenters. The van der Waals surface area contributed by atoms with Gasteiger partial charge in [-0.05, 0) is 19.4 Å². The van der Waals surface area contributed by atoms with Crippen LogP contribution in [-0.2, 0) is 25.3 Å². The molecule has 0 aliphatic rings. The van der Waals surface area contributed by atoms with E-state index in [0.29, 0.717) is 6.42 Å². The first-order chi connectivity index (χ1) is 12.0. The van der Waals surface area contributed by atoms with Crippen LogP contribution in [0.2, 0.25) is 0 Å². The van der Waals surface area contributed by atoms with Gasteiger partial charge in [0.25, 0.3) is 0 Å². The lowest BCUT2D eigenvalue weighted by Gasteiger charge is -2.19. The van der Waals surface area contributed by atoms with Gasteiger partial charge in [-0.2, -0.15) is 5.10 Å². The number of hydrogen-bond acceptors (Lipinski definition) is 3. The summed E-state index contributed by atoms with van der Waals surface area (Å²) in [6.07, 6.45) is 3.93. The van der Waals surface area contributed by atoms with Crippen LogP contribution in [0, 0.1) is 13.8 Å². The maximum absolute atomic E-state index is 12.7. The lowest BCUT2D eigenvalue weighted by Crippen LogP contribution is -2.32. The molecule has 0 bridgehead atoms. The van der Waals surface area contributed by atoms with Crippen molar-refractivity contribution in [2.24, 2.45) is 14.1 Å². The van der Waals surface area contributed by atoms with Crippen LogP contribution in [0.1, 0.15) is 34.4 Å². The van der Waals surface area contributed by atoms with Crippen LogP contribution in [0.5, 0.6) is 0 Å². The Morgan fingerprint density at radius 1 is 1.20 bits per heavy atom. The zero-order chi connectivity index (χ0) is 18.0. The van der Waals surface area contributed by atoms with Gasteiger partial charge in [0.1, 0.15) is 11.9 Å². The van der Waals surface area contributed by atoms with Crippen molar-refractivity contribution in [1.29, 1.82) is 0 Å². The Kier molecular flexibility index (Phi) is 4.70.